The first-order valence-electron chi connectivity index (χ1n) is 8.09. The zero-order valence-corrected chi connectivity index (χ0v) is 14.7. The maximum Gasteiger partial charge on any atom is 0.274 e. The topological polar surface area (TPSA) is 70.2 Å². The number of nitrogens with one attached hydrogen (secondary N) is 2. The predicted molar refractivity (Wildman–Crippen MR) is 97.6 cm³/mol. The number of benzene rings is 1. The van der Waals surface area contributed by atoms with Gasteiger partial charge in [0.25, 0.3) is 5.91 Å². The molecule has 2 rings (SSSR count). The lowest BCUT2D eigenvalue weighted by atomic mass is 10.0. The summed E-state index contributed by atoms with van der Waals surface area (Å²) >= 11 is 0. The molecule has 0 saturated heterocycles. The maximum atomic E-state index is 12.5. The van der Waals surface area contributed by atoms with Gasteiger partial charge in [-0.2, -0.15) is 0 Å². The van der Waals surface area contributed by atoms with Crippen LogP contribution in [0, 0.1) is 0 Å². The zero-order valence-electron chi connectivity index (χ0n) is 14.7. The number of para-hydroxylation sites is 1. The SMILES string of the molecule is CC(C)c1ccccc1NC(=O)c1ccnc(NCCN(C)C)n1. The number of amides is 1. The smallest absolute Gasteiger partial charge is 0.274 e. The molecule has 0 saturated carbocycles. The van der Waals surface area contributed by atoms with Crippen molar-refractivity contribution >= 4 is 17.5 Å². The van der Waals surface area contributed by atoms with Crippen molar-refractivity contribution < 1.29 is 4.79 Å². The Labute approximate surface area is 143 Å². The summed E-state index contributed by atoms with van der Waals surface area (Å²) in [6.07, 6.45) is 1.59. The first-order chi connectivity index (χ1) is 11.5. The molecule has 0 aliphatic heterocycles. The first-order valence-corrected chi connectivity index (χ1v) is 8.09. The van der Waals surface area contributed by atoms with E-state index in [9.17, 15) is 4.79 Å². The molecule has 2 aromatic rings. The molecule has 1 aromatic heterocycles. The summed E-state index contributed by atoms with van der Waals surface area (Å²) in [6, 6.07) is 9.43. The van der Waals surface area contributed by atoms with E-state index in [-0.39, 0.29) is 5.91 Å². The summed E-state index contributed by atoms with van der Waals surface area (Å²) in [6.45, 7) is 5.78. The maximum absolute atomic E-state index is 12.5. The van der Waals surface area contributed by atoms with Crippen molar-refractivity contribution in [3.05, 3.63) is 47.8 Å². The normalized spacial score (nSPS) is 10.9. The van der Waals surface area contributed by atoms with Crippen LogP contribution in [0.15, 0.2) is 36.5 Å². The highest BCUT2D eigenvalue weighted by atomic mass is 16.1. The van der Waals surface area contributed by atoms with E-state index in [2.05, 4.69) is 39.3 Å². The van der Waals surface area contributed by atoms with Crippen LogP contribution in [-0.2, 0) is 0 Å². The van der Waals surface area contributed by atoms with Gasteiger partial charge < -0.3 is 15.5 Å². The van der Waals surface area contributed by atoms with Gasteiger partial charge >= 0.3 is 0 Å². The number of nitrogens with zero attached hydrogens (tertiary/aromatic N) is 3. The van der Waals surface area contributed by atoms with Gasteiger partial charge in [0, 0.05) is 25.0 Å². The largest absolute Gasteiger partial charge is 0.353 e. The molecule has 6 nitrogen and oxygen atoms in total. The quantitative estimate of drug-likeness (QED) is 0.818. The summed E-state index contributed by atoms with van der Waals surface area (Å²) in [5.74, 6) is 0.554. The molecule has 1 heterocycles. The third-order valence-electron chi connectivity index (χ3n) is 3.56. The van der Waals surface area contributed by atoms with Crippen molar-refractivity contribution in [2.75, 3.05) is 37.8 Å². The zero-order chi connectivity index (χ0) is 17.5. The van der Waals surface area contributed by atoms with Crippen molar-refractivity contribution in [3.8, 4) is 0 Å². The first kappa shape index (κ1) is 17.9. The van der Waals surface area contributed by atoms with Gasteiger partial charge in [-0.15, -0.1) is 0 Å². The van der Waals surface area contributed by atoms with E-state index in [0.29, 0.717) is 24.1 Å². The molecule has 0 bridgehead atoms. The third kappa shape index (κ3) is 5.03. The van der Waals surface area contributed by atoms with Gasteiger partial charge in [0.05, 0.1) is 0 Å². The molecule has 0 aliphatic carbocycles. The van der Waals surface area contributed by atoms with E-state index < -0.39 is 0 Å². The fourth-order valence-corrected chi connectivity index (χ4v) is 2.26. The van der Waals surface area contributed by atoms with Gasteiger partial charge in [0.2, 0.25) is 5.95 Å². The average Bonchev–Trinajstić information content (AvgIpc) is 2.55. The Morgan fingerprint density at radius 2 is 1.96 bits per heavy atom. The lowest BCUT2D eigenvalue weighted by Gasteiger charge is -2.14. The Hall–Kier alpha value is -2.47. The lowest BCUT2D eigenvalue weighted by molar-refractivity contribution is 0.102. The van der Waals surface area contributed by atoms with E-state index in [1.165, 1.54) is 0 Å². The second-order valence-electron chi connectivity index (χ2n) is 6.19. The Morgan fingerprint density at radius 3 is 2.67 bits per heavy atom. The highest BCUT2D eigenvalue weighted by Gasteiger charge is 2.12. The van der Waals surface area contributed by atoms with E-state index in [4.69, 9.17) is 0 Å². The molecule has 0 radical (unpaired) electrons. The van der Waals surface area contributed by atoms with Crippen molar-refractivity contribution in [3.63, 3.8) is 0 Å². The van der Waals surface area contributed by atoms with E-state index in [1.807, 2.05) is 38.4 Å². The fraction of sp³-hybridized carbons (Fsp3) is 0.389. The molecular weight excluding hydrogens is 302 g/mol. The van der Waals surface area contributed by atoms with Gasteiger partial charge in [0.1, 0.15) is 5.69 Å². The summed E-state index contributed by atoms with van der Waals surface area (Å²) < 4.78 is 0. The summed E-state index contributed by atoms with van der Waals surface area (Å²) in [4.78, 5) is 23.0. The van der Waals surface area contributed by atoms with E-state index >= 15 is 0 Å². The number of carbonyl (C=O) groups is 1. The van der Waals surface area contributed by atoms with Crippen LogP contribution in [0.2, 0.25) is 0 Å². The second kappa shape index (κ2) is 8.40. The van der Waals surface area contributed by atoms with Crippen LogP contribution < -0.4 is 10.6 Å². The summed E-state index contributed by atoms with van der Waals surface area (Å²) in [5, 5.41) is 6.07. The van der Waals surface area contributed by atoms with Crippen LogP contribution in [0.4, 0.5) is 11.6 Å². The second-order valence-corrected chi connectivity index (χ2v) is 6.19. The number of aromatic nitrogens is 2. The van der Waals surface area contributed by atoms with Crippen molar-refractivity contribution in [1.82, 2.24) is 14.9 Å². The molecule has 24 heavy (non-hydrogen) atoms. The molecule has 0 atom stereocenters. The lowest BCUT2D eigenvalue weighted by Crippen LogP contribution is -2.22. The minimum Gasteiger partial charge on any atom is -0.353 e. The summed E-state index contributed by atoms with van der Waals surface area (Å²) in [7, 11) is 4.00. The Kier molecular flexibility index (Phi) is 6.26. The van der Waals surface area contributed by atoms with Crippen LogP contribution in [-0.4, -0.2) is 48.0 Å². The van der Waals surface area contributed by atoms with Gasteiger partial charge in [-0.25, -0.2) is 9.97 Å². The highest BCUT2D eigenvalue weighted by Crippen LogP contribution is 2.24. The monoisotopic (exact) mass is 327 g/mol. The molecule has 0 aliphatic rings. The molecule has 128 valence electrons. The van der Waals surface area contributed by atoms with Crippen molar-refractivity contribution in [1.29, 1.82) is 0 Å². The molecular formula is C18H25N5O. The molecule has 1 amide bonds. The number of hydrogen-bond donors (Lipinski definition) is 2. The fourth-order valence-electron chi connectivity index (χ4n) is 2.26. The number of hydrogen-bond acceptors (Lipinski definition) is 5. The van der Waals surface area contributed by atoms with Crippen LogP contribution in [0.1, 0.15) is 35.8 Å². The minimum absolute atomic E-state index is 0.235. The van der Waals surface area contributed by atoms with Gasteiger partial charge in [-0.05, 0) is 37.7 Å². The van der Waals surface area contributed by atoms with E-state index in [1.54, 1.807) is 12.3 Å². The number of likely N-dealkylation sites (N-methyl/N-ethyl adjacent to an activating group) is 1. The minimum atomic E-state index is -0.235. The number of rotatable bonds is 7. The third-order valence-corrected chi connectivity index (χ3v) is 3.56. The Balaban J connectivity index is 2.08. The van der Waals surface area contributed by atoms with Crippen LogP contribution in [0.5, 0.6) is 0 Å². The van der Waals surface area contributed by atoms with Crippen molar-refractivity contribution in [2.45, 2.75) is 19.8 Å². The standard InChI is InChI=1S/C18H25N5O/c1-13(2)14-7-5-6-8-15(14)21-17(24)16-9-10-19-18(22-16)20-11-12-23(3)4/h5-10,13H,11-12H2,1-4H3,(H,21,24)(H,19,20,22). The Bertz CT molecular complexity index is 685. The van der Waals surface area contributed by atoms with E-state index in [0.717, 1.165) is 17.8 Å². The molecule has 0 spiro atoms. The van der Waals surface area contributed by atoms with Crippen LogP contribution in [0.25, 0.3) is 0 Å². The molecule has 6 heteroatoms. The van der Waals surface area contributed by atoms with Gasteiger partial charge in [0.15, 0.2) is 0 Å². The number of carbonyl (C=O) groups excluding carboxylic acids is 1. The Morgan fingerprint density at radius 1 is 1.21 bits per heavy atom. The van der Waals surface area contributed by atoms with Crippen LogP contribution >= 0.6 is 0 Å². The van der Waals surface area contributed by atoms with Gasteiger partial charge in [-0.3, -0.25) is 4.79 Å². The predicted octanol–water partition coefficient (Wildman–Crippen LogP) is 2.83. The molecule has 0 fully saturated rings. The molecule has 1 aromatic carbocycles. The summed E-state index contributed by atoms with van der Waals surface area (Å²) in [5.41, 5.74) is 2.26. The van der Waals surface area contributed by atoms with Crippen molar-refractivity contribution in [2.24, 2.45) is 0 Å². The van der Waals surface area contributed by atoms with Gasteiger partial charge in [-0.1, -0.05) is 32.0 Å². The van der Waals surface area contributed by atoms with Crippen LogP contribution in [0.3, 0.4) is 0 Å². The number of anilines is 2. The average molecular weight is 327 g/mol. The molecule has 0 unspecified atom stereocenters. The molecule has 2 N–H and O–H groups in total. The highest BCUT2D eigenvalue weighted by molar-refractivity contribution is 6.03.